The zero-order valence-electron chi connectivity index (χ0n) is 21.0. The summed E-state index contributed by atoms with van der Waals surface area (Å²) in [4.78, 5) is 32.6. The predicted molar refractivity (Wildman–Crippen MR) is 146 cm³/mol. The second kappa shape index (κ2) is 13.1. The van der Waals surface area contributed by atoms with Gasteiger partial charge in [-0.25, -0.2) is 4.79 Å². The lowest BCUT2D eigenvalue weighted by atomic mass is 9.97. The lowest BCUT2D eigenvalue weighted by Gasteiger charge is -2.33. The first-order chi connectivity index (χ1) is 18.1. The minimum atomic E-state index is -0.341. The minimum Gasteiger partial charge on any atom is -0.449 e. The van der Waals surface area contributed by atoms with Crippen LogP contribution in [0.25, 0.3) is 10.9 Å². The normalized spacial score (nSPS) is 15.3. The van der Waals surface area contributed by atoms with Gasteiger partial charge in [0.05, 0.1) is 6.61 Å². The highest BCUT2D eigenvalue weighted by Crippen LogP contribution is 2.22. The van der Waals surface area contributed by atoms with E-state index in [2.05, 4.69) is 25.5 Å². The Hall–Kier alpha value is -4.33. The second-order valence-electron chi connectivity index (χ2n) is 8.90. The van der Waals surface area contributed by atoms with Crippen molar-refractivity contribution in [3.8, 4) is 0 Å². The Morgan fingerprint density at radius 3 is 2.70 bits per heavy atom. The van der Waals surface area contributed by atoms with E-state index in [0.717, 1.165) is 49.0 Å². The molecule has 0 unspecified atom stereocenters. The van der Waals surface area contributed by atoms with E-state index in [1.165, 1.54) is 5.69 Å². The largest absolute Gasteiger partial charge is 0.449 e. The molecule has 0 spiro atoms. The minimum absolute atomic E-state index is 0.0886. The quantitative estimate of drug-likeness (QED) is 0.461. The summed E-state index contributed by atoms with van der Waals surface area (Å²) in [5.41, 5.74) is 3.68. The van der Waals surface area contributed by atoms with Crippen LogP contribution in [0.4, 0.5) is 10.5 Å². The second-order valence-corrected chi connectivity index (χ2v) is 8.90. The van der Waals surface area contributed by atoms with Crippen LogP contribution in [0.3, 0.4) is 0 Å². The number of carbonyl (C=O) groups excluding carboxylic acids is 2. The highest BCUT2D eigenvalue weighted by Gasteiger charge is 2.20. The number of nitrogens with one attached hydrogen (secondary N) is 3. The van der Waals surface area contributed by atoms with Crippen LogP contribution < -0.4 is 15.5 Å². The first kappa shape index (κ1) is 25.8. The Kier molecular flexibility index (Phi) is 9.12. The number of ether oxygens (including phenoxy) is 1. The highest BCUT2D eigenvalue weighted by molar-refractivity contribution is 5.98. The number of amides is 2. The van der Waals surface area contributed by atoms with E-state index in [4.69, 9.17) is 4.74 Å². The van der Waals surface area contributed by atoms with Crippen LogP contribution >= 0.6 is 0 Å². The van der Waals surface area contributed by atoms with E-state index in [-0.39, 0.29) is 12.0 Å². The molecule has 1 fully saturated rings. The maximum Gasteiger partial charge on any atom is 0.406 e. The van der Waals surface area contributed by atoms with E-state index in [1.54, 1.807) is 7.05 Å². The summed E-state index contributed by atoms with van der Waals surface area (Å²) in [6, 6.07) is 11.7. The van der Waals surface area contributed by atoms with E-state index in [1.807, 2.05) is 85.4 Å². The highest BCUT2D eigenvalue weighted by atomic mass is 16.5. The molecule has 2 aliphatic rings. The third-order valence-electron chi connectivity index (χ3n) is 6.37. The number of aromatic nitrogens is 2. The molecule has 2 aromatic heterocycles. The average Bonchev–Trinajstić information content (AvgIpc) is 3.28. The van der Waals surface area contributed by atoms with Crippen LogP contribution in [0.1, 0.15) is 29.6 Å². The van der Waals surface area contributed by atoms with Crippen LogP contribution in [0.2, 0.25) is 0 Å². The number of rotatable bonds is 5. The Labute approximate surface area is 217 Å². The number of nitrogens with zero attached hydrogens (tertiary/aromatic N) is 2. The number of alkyl carbamates (subject to hydrolysis) is 1. The predicted octanol–water partition coefficient (Wildman–Crippen LogP) is 4.95. The molecule has 0 atom stereocenters. The van der Waals surface area contributed by atoms with Crippen molar-refractivity contribution < 1.29 is 14.3 Å². The van der Waals surface area contributed by atoms with Crippen LogP contribution in [-0.2, 0) is 4.74 Å². The Morgan fingerprint density at radius 2 is 1.92 bits per heavy atom. The number of anilines is 1. The standard InChI is InChI=1S/C16H14N2O.C13H19N3O2/c19-16(18-14-5-3-1-2-4-6-14)13-8-7-12-9-10-17-15(12)11-13;1-14-13(17)18-10-11-4-8-16(9-5-11)12-2-6-15-7-3-12/h1-3,5-11,17H,4H2,(H,18,19);2-3,6-7,11H,4-5,8-10H2,1H3,(H,14,17). The van der Waals surface area contributed by atoms with Gasteiger partial charge in [0.1, 0.15) is 0 Å². The summed E-state index contributed by atoms with van der Waals surface area (Å²) in [5, 5.41) is 6.48. The van der Waals surface area contributed by atoms with Gasteiger partial charge >= 0.3 is 6.09 Å². The van der Waals surface area contributed by atoms with Gasteiger partial charge in [-0.1, -0.05) is 30.4 Å². The van der Waals surface area contributed by atoms with Gasteiger partial charge in [0, 0.05) is 61.2 Å². The molecule has 192 valence electrons. The number of allylic oxidation sites excluding steroid dienone is 5. The first-order valence-electron chi connectivity index (χ1n) is 12.5. The van der Waals surface area contributed by atoms with Crippen LogP contribution in [-0.4, -0.2) is 48.7 Å². The van der Waals surface area contributed by atoms with Gasteiger partial charge in [-0.2, -0.15) is 0 Å². The fourth-order valence-corrected chi connectivity index (χ4v) is 4.24. The van der Waals surface area contributed by atoms with Crippen molar-refractivity contribution in [3.63, 3.8) is 0 Å². The Balaban J connectivity index is 0.000000173. The molecule has 1 aromatic carbocycles. The third-order valence-corrected chi connectivity index (χ3v) is 6.37. The smallest absolute Gasteiger partial charge is 0.406 e. The van der Waals surface area contributed by atoms with E-state index in [0.29, 0.717) is 18.1 Å². The number of aromatic amines is 1. The van der Waals surface area contributed by atoms with Gasteiger partial charge in [0.25, 0.3) is 5.91 Å². The van der Waals surface area contributed by atoms with Crippen molar-refractivity contribution in [2.45, 2.75) is 19.3 Å². The summed E-state index contributed by atoms with van der Waals surface area (Å²) < 4.78 is 5.09. The molecule has 0 bridgehead atoms. The molecule has 37 heavy (non-hydrogen) atoms. The number of carbonyl (C=O) groups is 2. The fraction of sp³-hybridized carbons (Fsp3) is 0.276. The lowest BCUT2D eigenvalue weighted by Crippen LogP contribution is -2.35. The van der Waals surface area contributed by atoms with Crippen molar-refractivity contribution >= 4 is 28.6 Å². The van der Waals surface area contributed by atoms with Crippen molar-refractivity contribution in [2.24, 2.45) is 5.92 Å². The number of fused-ring (bicyclic) bond motifs is 1. The van der Waals surface area contributed by atoms with Crippen LogP contribution in [0.5, 0.6) is 0 Å². The Morgan fingerprint density at radius 1 is 1.11 bits per heavy atom. The monoisotopic (exact) mass is 499 g/mol. The zero-order chi connectivity index (χ0) is 25.9. The molecule has 3 heterocycles. The molecule has 1 aliphatic carbocycles. The summed E-state index contributed by atoms with van der Waals surface area (Å²) >= 11 is 0. The molecule has 3 aromatic rings. The number of hydrogen-bond donors (Lipinski definition) is 3. The number of pyridine rings is 1. The molecule has 8 heteroatoms. The molecule has 3 N–H and O–H groups in total. The summed E-state index contributed by atoms with van der Waals surface area (Å²) in [6.45, 7) is 2.53. The molecular formula is C29H33N5O3. The van der Waals surface area contributed by atoms with E-state index < -0.39 is 0 Å². The number of piperidine rings is 1. The molecule has 0 radical (unpaired) electrons. The van der Waals surface area contributed by atoms with Crippen molar-refractivity contribution in [2.75, 3.05) is 31.6 Å². The topological polar surface area (TPSA) is 99.3 Å². The van der Waals surface area contributed by atoms with Gasteiger partial charge in [0.15, 0.2) is 0 Å². The van der Waals surface area contributed by atoms with Gasteiger partial charge in [-0.3, -0.25) is 9.78 Å². The van der Waals surface area contributed by atoms with Crippen molar-refractivity contribution in [3.05, 3.63) is 96.6 Å². The molecule has 5 rings (SSSR count). The van der Waals surface area contributed by atoms with Crippen molar-refractivity contribution in [1.82, 2.24) is 20.6 Å². The zero-order valence-corrected chi connectivity index (χ0v) is 21.0. The van der Waals surface area contributed by atoms with Gasteiger partial charge in [0.2, 0.25) is 0 Å². The van der Waals surface area contributed by atoms with E-state index >= 15 is 0 Å². The summed E-state index contributed by atoms with van der Waals surface area (Å²) in [6.07, 6.45) is 17.9. The molecule has 8 nitrogen and oxygen atoms in total. The number of H-pyrrole nitrogens is 1. The van der Waals surface area contributed by atoms with Crippen molar-refractivity contribution in [1.29, 1.82) is 0 Å². The summed E-state index contributed by atoms with van der Waals surface area (Å²) in [7, 11) is 1.58. The molecular weight excluding hydrogens is 466 g/mol. The fourth-order valence-electron chi connectivity index (χ4n) is 4.24. The average molecular weight is 500 g/mol. The van der Waals surface area contributed by atoms with Crippen LogP contribution in [0, 0.1) is 5.92 Å². The van der Waals surface area contributed by atoms with Gasteiger partial charge in [-0.05, 0) is 67.0 Å². The van der Waals surface area contributed by atoms with Crippen LogP contribution in [0.15, 0.2) is 91.1 Å². The molecule has 1 saturated heterocycles. The maximum absolute atomic E-state index is 12.2. The molecule has 1 aliphatic heterocycles. The van der Waals surface area contributed by atoms with E-state index in [9.17, 15) is 9.59 Å². The summed E-state index contributed by atoms with van der Waals surface area (Å²) in [5.74, 6) is 0.384. The van der Waals surface area contributed by atoms with Gasteiger partial charge in [-0.15, -0.1) is 0 Å². The number of hydrogen-bond acceptors (Lipinski definition) is 5. The molecule has 0 saturated carbocycles. The maximum atomic E-state index is 12.2. The lowest BCUT2D eigenvalue weighted by molar-refractivity contribution is 0.0967. The number of benzene rings is 1. The first-order valence-corrected chi connectivity index (χ1v) is 12.5. The van der Waals surface area contributed by atoms with Gasteiger partial charge < -0.3 is 25.3 Å². The SMILES string of the molecule is CNC(=O)OCC1CCN(c2ccncc2)CC1.O=C(NC1=CCC=CC=C1)c1ccc2cc[nH]c2c1. The Bertz CT molecular complexity index is 1270. The third kappa shape index (κ3) is 7.57. The molecule has 2 amide bonds.